The van der Waals surface area contributed by atoms with Gasteiger partial charge in [0.1, 0.15) is 11.3 Å². The van der Waals surface area contributed by atoms with Crippen LogP contribution in [0.4, 0.5) is 0 Å². The molecule has 1 aromatic heterocycles. The van der Waals surface area contributed by atoms with Crippen LogP contribution in [0.3, 0.4) is 0 Å². The summed E-state index contributed by atoms with van der Waals surface area (Å²) in [6.07, 6.45) is 1.54. The molecule has 6 nitrogen and oxygen atoms in total. The van der Waals surface area contributed by atoms with Crippen LogP contribution in [0.15, 0.2) is 12.1 Å². The van der Waals surface area contributed by atoms with Crippen molar-refractivity contribution in [3.8, 4) is 5.75 Å². The van der Waals surface area contributed by atoms with Crippen LogP contribution in [-0.4, -0.2) is 46.7 Å². The Bertz CT molecular complexity index is 506. The normalized spacial score (nSPS) is 23.1. The van der Waals surface area contributed by atoms with Crippen molar-refractivity contribution in [1.82, 2.24) is 9.88 Å². The fraction of sp³-hybridized carbons (Fsp3) is 0.571. The molecule has 1 aliphatic rings. The summed E-state index contributed by atoms with van der Waals surface area (Å²) in [7, 11) is 1.56. The van der Waals surface area contributed by atoms with Crippen LogP contribution < -0.4 is 5.73 Å². The van der Waals surface area contributed by atoms with E-state index in [1.54, 1.807) is 19.2 Å². The Kier molecular flexibility index (Phi) is 4.25. The number of primary amides is 1. The van der Waals surface area contributed by atoms with Gasteiger partial charge in [-0.3, -0.25) is 14.7 Å². The number of hydrogen-bond donors (Lipinski definition) is 2. The molecule has 0 radical (unpaired) electrons. The fourth-order valence-corrected chi connectivity index (χ4v) is 2.82. The number of aryl methyl sites for hydroxylation is 1. The SMILES string of the molecule is COCC1(C(N)=O)CCCN1Cc1nc(C)ccc1O. The molecule has 20 heavy (non-hydrogen) atoms. The molecule has 0 saturated carbocycles. The van der Waals surface area contributed by atoms with Crippen molar-refractivity contribution in [2.75, 3.05) is 20.3 Å². The molecule has 1 aliphatic heterocycles. The van der Waals surface area contributed by atoms with Gasteiger partial charge in [0.2, 0.25) is 5.91 Å². The van der Waals surface area contributed by atoms with Crippen LogP contribution in [0.1, 0.15) is 24.2 Å². The van der Waals surface area contributed by atoms with Gasteiger partial charge in [-0.25, -0.2) is 0 Å². The summed E-state index contributed by atoms with van der Waals surface area (Å²) in [6.45, 7) is 3.25. The number of hydrogen-bond acceptors (Lipinski definition) is 5. The number of amides is 1. The van der Waals surface area contributed by atoms with E-state index in [4.69, 9.17) is 10.5 Å². The second-order valence-corrected chi connectivity index (χ2v) is 5.27. The highest BCUT2D eigenvalue weighted by atomic mass is 16.5. The third kappa shape index (κ3) is 2.62. The molecular formula is C14H21N3O3. The highest BCUT2D eigenvalue weighted by Crippen LogP contribution is 2.32. The third-order valence-electron chi connectivity index (χ3n) is 3.90. The lowest BCUT2D eigenvalue weighted by atomic mass is 9.96. The van der Waals surface area contributed by atoms with Gasteiger partial charge in [0.25, 0.3) is 0 Å². The number of nitrogens with zero attached hydrogens (tertiary/aromatic N) is 2. The van der Waals surface area contributed by atoms with Crippen LogP contribution >= 0.6 is 0 Å². The maximum Gasteiger partial charge on any atom is 0.240 e. The molecule has 6 heteroatoms. The number of rotatable bonds is 5. The van der Waals surface area contributed by atoms with Gasteiger partial charge in [-0.05, 0) is 38.4 Å². The van der Waals surface area contributed by atoms with E-state index in [0.717, 1.165) is 18.7 Å². The van der Waals surface area contributed by atoms with Gasteiger partial charge in [-0.15, -0.1) is 0 Å². The van der Waals surface area contributed by atoms with Crippen molar-refractivity contribution < 1.29 is 14.6 Å². The Labute approximate surface area is 118 Å². The van der Waals surface area contributed by atoms with Crippen molar-refractivity contribution in [3.63, 3.8) is 0 Å². The Morgan fingerprint density at radius 1 is 1.60 bits per heavy atom. The molecule has 1 unspecified atom stereocenters. The molecule has 1 amide bonds. The highest BCUT2D eigenvalue weighted by Gasteiger charge is 2.46. The van der Waals surface area contributed by atoms with Crippen LogP contribution in [0.5, 0.6) is 5.75 Å². The van der Waals surface area contributed by atoms with E-state index < -0.39 is 5.54 Å². The van der Waals surface area contributed by atoms with Gasteiger partial charge in [-0.2, -0.15) is 0 Å². The number of aromatic nitrogens is 1. The van der Waals surface area contributed by atoms with Crippen LogP contribution in [0.25, 0.3) is 0 Å². The van der Waals surface area contributed by atoms with Crippen molar-refractivity contribution in [1.29, 1.82) is 0 Å². The van der Waals surface area contributed by atoms with Crippen LogP contribution in [-0.2, 0) is 16.1 Å². The van der Waals surface area contributed by atoms with Gasteiger partial charge in [0, 0.05) is 19.3 Å². The van der Waals surface area contributed by atoms with E-state index in [1.165, 1.54) is 0 Å². The average Bonchev–Trinajstić information content (AvgIpc) is 2.79. The first-order valence-electron chi connectivity index (χ1n) is 6.69. The number of pyridine rings is 1. The first-order chi connectivity index (χ1) is 9.49. The van der Waals surface area contributed by atoms with Crippen molar-refractivity contribution in [2.24, 2.45) is 5.73 Å². The third-order valence-corrected chi connectivity index (χ3v) is 3.90. The molecule has 1 fully saturated rings. The molecular weight excluding hydrogens is 258 g/mol. The minimum absolute atomic E-state index is 0.137. The second kappa shape index (κ2) is 5.76. The average molecular weight is 279 g/mol. The summed E-state index contributed by atoms with van der Waals surface area (Å²) in [5.41, 5.74) is 6.18. The molecule has 110 valence electrons. The van der Waals surface area contributed by atoms with E-state index >= 15 is 0 Å². The molecule has 0 spiro atoms. The summed E-state index contributed by atoms with van der Waals surface area (Å²) in [5.74, 6) is -0.248. The molecule has 1 saturated heterocycles. The first-order valence-corrected chi connectivity index (χ1v) is 6.69. The van der Waals surface area contributed by atoms with Crippen molar-refractivity contribution in [3.05, 3.63) is 23.5 Å². The molecule has 3 N–H and O–H groups in total. The number of ether oxygens (including phenoxy) is 1. The first kappa shape index (κ1) is 14.7. The summed E-state index contributed by atoms with van der Waals surface area (Å²) < 4.78 is 5.19. The zero-order valence-electron chi connectivity index (χ0n) is 11.9. The topological polar surface area (TPSA) is 88.7 Å². The van der Waals surface area contributed by atoms with E-state index in [9.17, 15) is 9.90 Å². The summed E-state index contributed by atoms with van der Waals surface area (Å²) in [6, 6.07) is 3.37. The van der Waals surface area contributed by atoms with Gasteiger partial charge in [0.05, 0.1) is 12.3 Å². The molecule has 2 heterocycles. The Morgan fingerprint density at radius 2 is 2.35 bits per heavy atom. The summed E-state index contributed by atoms with van der Waals surface area (Å²) >= 11 is 0. The minimum atomic E-state index is -0.799. The zero-order valence-corrected chi connectivity index (χ0v) is 11.9. The van der Waals surface area contributed by atoms with Gasteiger partial charge in [0.15, 0.2) is 0 Å². The number of carbonyl (C=O) groups excluding carboxylic acids is 1. The number of likely N-dealkylation sites (tertiary alicyclic amines) is 1. The van der Waals surface area contributed by atoms with E-state index in [0.29, 0.717) is 18.7 Å². The number of aromatic hydroxyl groups is 1. The maximum atomic E-state index is 11.9. The monoisotopic (exact) mass is 279 g/mol. The minimum Gasteiger partial charge on any atom is -0.506 e. The largest absolute Gasteiger partial charge is 0.506 e. The van der Waals surface area contributed by atoms with Crippen molar-refractivity contribution >= 4 is 5.91 Å². The maximum absolute atomic E-state index is 11.9. The van der Waals surface area contributed by atoms with E-state index in [2.05, 4.69) is 4.98 Å². The standard InChI is InChI=1S/C14H21N3O3/c1-10-4-5-12(18)11(16-10)8-17-7-3-6-14(17,9-20-2)13(15)19/h4-5,18H,3,6-9H2,1-2H3,(H2,15,19). The highest BCUT2D eigenvalue weighted by molar-refractivity contribution is 5.85. The summed E-state index contributed by atoms with van der Waals surface area (Å²) in [5, 5.41) is 9.90. The molecule has 0 aromatic carbocycles. The molecule has 2 rings (SSSR count). The summed E-state index contributed by atoms with van der Waals surface area (Å²) in [4.78, 5) is 18.2. The lowest BCUT2D eigenvalue weighted by molar-refractivity contribution is -0.132. The Hall–Kier alpha value is -1.66. The lowest BCUT2D eigenvalue weighted by Crippen LogP contribution is -2.56. The molecule has 1 aromatic rings. The number of carbonyl (C=O) groups is 1. The zero-order chi connectivity index (χ0) is 14.8. The van der Waals surface area contributed by atoms with E-state index in [1.807, 2.05) is 11.8 Å². The van der Waals surface area contributed by atoms with Gasteiger partial charge < -0.3 is 15.6 Å². The Balaban J connectivity index is 2.26. The van der Waals surface area contributed by atoms with Gasteiger partial charge >= 0.3 is 0 Å². The van der Waals surface area contributed by atoms with E-state index in [-0.39, 0.29) is 18.3 Å². The molecule has 0 aliphatic carbocycles. The molecule has 0 bridgehead atoms. The predicted molar refractivity (Wildman–Crippen MR) is 74.1 cm³/mol. The van der Waals surface area contributed by atoms with Crippen LogP contribution in [0, 0.1) is 6.92 Å². The predicted octanol–water partition coefficient (Wildman–Crippen LogP) is 0.562. The van der Waals surface area contributed by atoms with Crippen molar-refractivity contribution in [2.45, 2.75) is 31.8 Å². The van der Waals surface area contributed by atoms with Gasteiger partial charge in [-0.1, -0.05) is 0 Å². The second-order valence-electron chi connectivity index (χ2n) is 5.27. The molecule has 1 atom stereocenters. The van der Waals surface area contributed by atoms with Crippen LogP contribution in [0.2, 0.25) is 0 Å². The fourth-order valence-electron chi connectivity index (χ4n) is 2.82. The Morgan fingerprint density at radius 3 is 3.00 bits per heavy atom. The quantitative estimate of drug-likeness (QED) is 0.822. The number of methoxy groups -OCH3 is 1. The number of nitrogens with two attached hydrogens (primary N) is 1. The smallest absolute Gasteiger partial charge is 0.240 e. The lowest BCUT2D eigenvalue weighted by Gasteiger charge is -2.35.